The highest BCUT2D eigenvalue weighted by Gasteiger charge is 2.27. The molecule has 1 heterocycles. The average molecular weight is 257 g/mol. The molecular weight excluding hydrogens is 238 g/mol. The van der Waals surface area contributed by atoms with Crippen molar-refractivity contribution in [1.82, 2.24) is 15.5 Å². The molecule has 17 heavy (non-hydrogen) atoms. The van der Waals surface area contributed by atoms with Crippen molar-refractivity contribution < 1.29 is 9.59 Å². The van der Waals surface area contributed by atoms with Crippen molar-refractivity contribution in [2.45, 2.75) is 24.9 Å². The largest absolute Gasteiger partial charge is 0.352 e. The van der Waals surface area contributed by atoms with Gasteiger partial charge in [-0.2, -0.15) is 11.8 Å². The summed E-state index contributed by atoms with van der Waals surface area (Å²) in [5.41, 5.74) is 0. The number of likely N-dealkylation sites (N-methyl/N-ethyl adjacent to an activating group) is 1. The zero-order valence-corrected chi connectivity index (χ0v) is 10.9. The van der Waals surface area contributed by atoms with Gasteiger partial charge in [0.05, 0.1) is 12.6 Å². The van der Waals surface area contributed by atoms with Crippen LogP contribution in [0, 0.1) is 0 Å². The van der Waals surface area contributed by atoms with Crippen LogP contribution in [0.5, 0.6) is 0 Å². The lowest BCUT2D eigenvalue weighted by Crippen LogP contribution is -2.51. The number of carbonyl (C=O) groups excluding carboxylic acids is 2. The van der Waals surface area contributed by atoms with Gasteiger partial charge in [-0.3, -0.25) is 9.59 Å². The number of amides is 2. The smallest absolute Gasteiger partial charge is 0.240 e. The first-order chi connectivity index (χ1) is 8.16. The van der Waals surface area contributed by atoms with Crippen LogP contribution in [0.1, 0.15) is 12.8 Å². The number of carbonyl (C=O) groups is 2. The van der Waals surface area contributed by atoms with E-state index in [0.717, 1.165) is 30.9 Å². The standard InChI is InChI=1S/C11H19N3O2S/c1-14(6-10(15)13-8-2-3-8)11(16)9-7-17-5-4-12-9/h8-9,12H,2-7H2,1H3,(H,13,15). The third-order valence-electron chi connectivity index (χ3n) is 2.92. The lowest BCUT2D eigenvalue weighted by Gasteiger charge is -2.26. The van der Waals surface area contributed by atoms with Crippen LogP contribution in [-0.2, 0) is 9.59 Å². The zero-order valence-electron chi connectivity index (χ0n) is 10.1. The number of rotatable bonds is 4. The maximum atomic E-state index is 12.0. The van der Waals surface area contributed by atoms with Crippen molar-refractivity contribution in [3.8, 4) is 0 Å². The summed E-state index contributed by atoms with van der Waals surface area (Å²) < 4.78 is 0. The molecule has 0 aromatic heterocycles. The van der Waals surface area contributed by atoms with E-state index < -0.39 is 0 Å². The molecule has 1 saturated heterocycles. The first-order valence-corrected chi connectivity index (χ1v) is 7.18. The number of nitrogens with zero attached hydrogens (tertiary/aromatic N) is 1. The van der Waals surface area contributed by atoms with Gasteiger partial charge in [0.1, 0.15) is 0 Å². The van der Waals surface area contributed by atoms with Crippen LogP contribution in [0.25, 0.3) is 0 Å². The molecule has 0 aromatic carbocycles. The van der Waals surface area contributed by atoms with Gasteiger partial charge < -0.3 is 15.5 Å². The van der Waals surface area contributed by atoms with Gasteiger partial charge in [0.2, 0.25) is 11.8 Å². The molecule has 0 bridgehead atoms. The molecule has 2 rings (SSSR count). The number of nitrogens with one attached hydrogen (secondary N) is 2. The normalized spacial score (nSPS) is 24.2. The number of hydrogen-bond donors (Lipinski definition) is 2. The topological polar surface area (TPSA) is 61.4 Å². The van der Waals surface area contributed by atoms with E-state index in [4.69, 9.17) is 0 Å². The third kappa shape index (κ3) is 3.89. The molecule has 0 spiro atoms. The Balaban J connectivity index is 1.74. The fraction of sp³-hybridized carbons (Fsp3) is 0.818. The fourth-order valence-corrected chi connectivity index (χ4v) is 2.71. The quantitative estimate of drug-likeness (QED) is 0.708. The van der Waals surface area contributed by atoms with Crippen molar-refractivity contribution in [3.63, 3.8) is 0 Å². The van der Waals surface area contributed by atoms with E-state index in [9.17, 15) is 9.59 Å². The van der Waals surface area contributed by atoms with Crippen LogP contribution in [0.4, 0.5) is 0 Å². The predicted molar refractivity (Wildman–Crippen MR) is 67.9 cm³/mol. The summed E-state index contributed by atoms with van der Waals surface area (Å²) in [4.78, 5) is 25.1. The molecule has 1 aliphatic carbocycles. The summed E-state index contributed by atoms with van der Waals surface area (Å²) in [6.07, 6.45) is 2.15. The second-order valence-corrected chi connectivity index (χ2v) is 5.77. The maximum Gasteiger partial charge on any atom is 0.240 e. The Morgan fingerprint density at radius 1 is 1.47 bits per heavy atom. The summed E-state index contributed by atoms with van der Waals surface area (Å²) in [5, 5.41) is 6.07. The monoisotopic (exact) mass is 257 g/mol. The number of hydrogen-bond acceptors (Lipinski definition) is 4. The van der Waals surface area contributed by atoms with Gasteiger partial charge >= 0.3 is 0 Å². The minimum Gasteiger partial charge on any atom is -0.352 e. The Morgan fingerprint density at radius 2 is 2.24 bits per heavy atom. The highest BCUT2D eigenvalue weighted by molar-refractivity contribution is 7.99. The van der Waals surface area contributed by atoms with Crippen LogP contribution in [0.3, 0.4) is 0 Å². The van der Waals surface area contributed by atoms with E-state index in [2.05, 4.69) is 10.6 Å². The third-order valence-corrected chi connectivity index (χ3v) is 3.98. The van der Waals surface area contributed by atoms with E-state index >= 15 is 0 Å². The van der Waals surface area contributed by atoms with Gasteiger partial charge in [-0.05, 0) is 12.8 Å². The predicted octanol–water partition coefficient (Wildman–Crippen LogP) is -0.572. The zero-order chi connectivity index (χ0) is 12.3. The van der Waals surface area contributed by atoms with Crippen LogP contribution in [0.2, 0.25) is 0 Å². The van der Waals surface area contributed by atoms with Gasteiger partial charge in [0.15, 0.2) is 0 Å². The maximum absolute atomic E-state index is 12.0. The summed E-state index contributed by atoms with van der Waals surface area (Å²) >= 11 is 1.78. The van der Waals surface area contributed by atoms with Gasteiger partial charge in [0, 0.05) is 31.1 Å². The minimum atomic E-state index is -0.132. The van der Waals surface area contributed by atoms with E-state index in [1.54, 1.807) is 18.8 Å². The molecular formula is C11H19N3O2S. The minimum absolute atomic E-state index is 0.0168. The second-order valence-electron chi connectivity index (χ2n) is 4.62. The number of thioether (sulfide) groups is 1. The second kappa shape index (κ2) is 5.73. The highest BCUT2D eigenvalue weighted by Crippen LogP contribution is 2.18. The van der Waals surface area contributed by atoms with E-state index in [-0.39, 0.29) is 24.4 Å². The Labute approximate surface area is 106 Å². The summed E-state index contributed by atoms with van der Waals surface area (Å²) in [6.45, 7) is 1.03. The molecule has 1 unspecified atom stereocenters. The molecule has 2 fully saturated rings. The molecule has 0 aromatic rings. The Bertz CT molecular complexity index is 301. The Hall–Kier alpha value is -0.750. The summed E-state index contributed by atoms with van der Waals surface area (Å²) in [6, 6.07) is 0.224. The lowest BCUT2D eigenvalue weighted by atomic mass is 10.3. The van der Waals surface area contributed by atoms with Crippen molar-refractivity contribution in [1.29, 1.82) is 0 Å². The fourth-order valence-electron chi connectivity index (χ4n) is 1.78. The van der Waals surface area contributed by atoms with Crippen molar-refractivity contribution >= 4 is 23.6 Å². The summed E-state index contributed by atoms with van der Waals surface area (Å²) in [7, 11) is 1.69. The molecule has 5 nitrogen and oxygen atoms in total. The van der Waals surface area contributed by atoms with Crippen LogP contribution < -0.4 is 10.6 Å². The van der Waals surface area contributed by atoms with Crippen molar-refractivity contribution in [2.24, 2.45) is 0 Å². The van der Waals surface area contributed by atoms with E-state index in [1.165, 1.54) is 4.90 Å². The van der Waals surface area contributed by atoms with Gasteiger partial charge in [-0.1, -0.05) is 0 Å². The lowest BCUT2D eigenvalue weighted by molar-refractivity contribution is -0.136. The van der Waals surface area contributed by atoms with E-state index in [0.29, 0.717) is 6.04 Å². The first kappa shape index (κ1) is 12.7. The molecule has 1 atom stereocenters. The first-order valence-electron chi connectivity index (χ1n) is 6.02. The molecule has 2 amide bonds. The molecule has 1 saturated carbocycles. The van der Waals surface area contributed by atoms with Gasteiger partial charge in [-0.15, -0.1) is 0 Å². The Morgan fingerprint density at radius 3 is 2.82 bits per heavy atom. The van der Waals surface area contributed by atoms with Crippen LogP contribution >= 0.6 is 11.8 Å². The Kier molecular flexibility index (Phi) is 4.28. The molecule has 6 heteroatoms. The molecule has 2 aliphatic rings. The molecule has 0 radical (unpaired) electrons. The van der Waals surface area contributed by atoms with Crippen molar-refractivity contribution in [3.05, 3.63) is 0 Å². The van der Waals surface area contributed by atoms with Gasteiger partial charge in [0.25, 0.3) is 0 Å². The van der Waals surface area contributed by atoms with Crippen molar-refractivity contribution in [2.75, 3.05) is 31.6 Å². The SMILES string of the molecule is CN(CC(=O)NC1CC1)C(=O)C1CSCCN1. The highest BCUT2D eigenvalue weighted by atomic mass is 32.2. The average Bonchev–Trinajstić information content (AvgIpc) is 3.12. The summed E-state index contributed by atoms with van der Waals surface area (Å²) in [5.74, 6) is 1.82. The van der Waals surface area contributed by atoms with Crippen LogP contribution in [-0.4, -0.2) is 60.4 Å². The molecule has 2 N–H and O–H groups in total. The van der Waals surface area contributed by atoms with Crippen LogP contribution in [0.15, 0.2) is 0 Å². The van der Waals surface area contributed by atoms with E-state index in [1.807, 2.05) is 0 Å². The molecule has 1 aliphatic heterocycles. The van der Waals surface area contributed by atoms with Gasteiger partial charge in [-0.25, -0.2) is 0 Å². The molecule has 96 valence electrons.